The molecule has 5 aromatic rings. The summed E-state index contributed by atoms with van der Waals surface area (Å²) in [6.07, 6.45) is 3.26. The first-order valence-electron chi connectivity index (χ1n) is 8.59. The molecule has 0 aliphatic rings. The quantitative estimate of drug-likeness (QED) is 0.490. The first kappa shape index (κ1) is 16.7. The molecule has 0 amide bonds. The number of H-pyrrole nitrogens is 1. The Morgan fingerprint density at radius 2 is 1.79 bits per heavy atom. The zero-order chi connectivity index (χ0) is 19.3. The van der Waals surface area contributed by atoms with E-state index in [1.807, 2.05) is 18.2 Å². The second-order valence-electron chi connectivity index (χ2n) is 6.49. The van der Waals surface area contributed by atoms with Crippen LogP contribution in [0.4, 0.5) is 4.39 Å². The number of fused-ring (bicyclic) bond motifs is 2. The third-order valence-corrected chi connectivity index (χ3v) is 6.47. The molecule has 5 rings (SSSR count). The Morgan fingerprint density at radius 3 is 2.61 bits per heavy atom. The summed E-state index contributed by atoms with van der Waals surface area (Å²) in [5.41, 5.74) is 2.71. The molecule has 3 aromatic carbocycles. The fourth-order valence-corrected chi connectivity index (χ4v) is 4.80. The number of halogens is 1. The molecular formula is C21H14FN3O2S. The number of aromatic nitrogens is 3. The van der Waals surface area contributed by atoms with Gasteiger partial charge in [-0.2, -0.15) is 5.10 Å². The number of hydrogen-bond donors (Lipinski definition) is 1. The van der Waals surface area contributed by atoms with E-state index in [1.54, 1.807) is 36.7 Å². The van der Waals surface area contributed by atoms with Crippen molar-refractivity contribution < 1.29 is 12.8 Å². The Balaban J connectivity index is 1.80. The molecule has 138 valence electrons. The Kier molecular flexibility index (Phi) is 3.60. The van der Waals surface area contributed by atoms with Crippen LogP contribution in [-0.4, -0.2) is 22.6 Å². The lowest BCUT2D eigenvalue weighted by Gasteiger charge is -2.07. The van der Waals surface area contributed by atoms with E-state index in [4.69, 9.17) is 0 Å². The van der Waals surface area contributed by atoms with Gasteiger partial charge in [-0.15, -0.1) is 0 Å². The molecule has 0 radical (unpaired) electrons. The van der Waals surface area contributed by atoms with Crippen molar-refractivity contribution in [3.8, 4) is 11.1 Å². The fraction of sp³-hybridized carbons (Fsp3) is 0. The number of hydrogen-bond acceptors (Lipinski definition) is 3. The van der Waals surface area contributed by atoms with Crippen molar-refractivity contribution >= 4 is 31.8 Å². The number of benzene rings is 3. The third kappa shape index (κ3) is 2.51. The Hall–Kier alpha value is -3.45. The van der Waals surface area contributed by atoms with Gasteiger partial charge in [-0.25, -0.2) is 16.8 Å². The lowest BCUT2D eigenvalue weighted by atomic mass is 10.0. The topological polar surface area (TPSA) is 67.8 Å². The summed E-state index contributed by atoms with van der Waals surface area (Å²) < 4.78 is 41.5. The zero-order valence-corrected chi connectivity index (χ0v) is 15.3. The molecule has 0 unspecified atom stereocenters. The maximum absolute atomic E-state index is 14.0. The minimum absolute atomic E-state index is 0.146. The van der Waals surface area contributed by atoms with Crippen LogP contribution in [0.5, 0.6) is 0 Å². The van der Waals surface area contributed by atoms with Gasteiger partial charge in [0.2, 0.25) is 0 Å². The molecule has 5 nitrogen and oxygen atoms in total. The summed E-state index contributed by atoms with van der Waals surface area (Å²) in [7, 11) is -3.87. The van der Waals surface area contributed by atoms with Crippen LogP contribution in [0.3, 0.4) is 0 Å². The highest BCUT2D eigenvalue weighted by Gasteiger charge is 2.22. The smallest absolute Gasteiger partial charge is 0.268 e. The van der Waals surface area contributed by atoms with Crippen LogP contribution >= 0.6 is 0 Å². The molecular weight excluding hydrogens is 377 g/mol. The number of aromatic amines is 1. The van der Waals surface area contributed by atoms with Gasteiger partial charge in [0.15, 0.2) is 0 Å². The highest BCUT2D eigenvalue weighted by Crippen LogP contribution is 2.34. The molecule has 0 bridgehead atoms. The molecule has 0 saturated carbocycles. The normalized spacial score (nSPS) is 12.0. The maximum atomic E-state index is 14.0. The van der Waals surface area contributed by atoms with E-state index in [0.717, 1.165) is 20.4 Å². The van der Waals surface area contributed by atoms with E-state index in [2.05, 4.69) is 10.2 Å². The molecule has 7 heteroatoms. The lowest BCUT2D eigenvalue weighted by Crippen LogP contribution is -2.11. The summed E-state index contributed by atoms with van der Waals surface area (Å²) >= 11 is 0. The Bertz CT molecular complexity index is 1440. The molecule has 0 atom stereocenters. The van der Waals surface area contributed by atoms with Gasteiger partial charge in [0.05, 0.1) is 22.1 Å². The van der Waals surface area contributed by atoms with E-state index in [0.29, 0.717) is 16.5 Å². The molecule has 0 aliphatic carbocycles. The highest BCUT2D eigenvalue weighted by molar-refractivity contribution is 7.90. The van der Waals surface area contributed by atoms with Crippen molar-refractivity contribution in [2.24, 2.45) is 0 Å². The van der Waals surface area contributed by atoms with Gasteiger partial charge in [0.1, 0.15) is 5.82 Å². The van der Waals surface area contributed by atoms with Crippen LogP contribution < -0.4 is 0 Å². The second-order valence-corrected chi connectivity index (χ2v) is 8.31. The van der Waals surface area contributed by atoms with Crippen LogP contribution in [0.25, 0.3) is 32.9 Å². The van der Waals surface area contributed by atoms with Crippen molar-refractivity contribution in [2.45, 2.75) is 4.90 Å². The molecule has 0 saturated heterocycles. The Morgan fingerprint density at radius 1 is 0.964 bits per heavy atom. The number of nitrogens with zero attached hydrogens (tertiary/aromatic N) is 2. The zero-order valence-electron chi connectivity index (χ0n) is 14.5. The monoisotopic (exact) mass is 391 g/mol. The summed E-state index contributed by atoms with van der Waals surface area (Å²) in [5.74, 6) is -0.494. The molecule has 0 aliphatic heterocycles. The van der Waals surface area contributed by atoms with Crippen LogP contribution in [0, 0.1) is 5.82 Å². The van der Waals surface area contributed by atoms with E-state index >= 15 is 0 Å². The van der Waals surface area contributed by atoms with Gasteiger partial charge < -0.3 is 0 Å². The van der Waals surface area contributed by atoms with Crippen molar-refractivity contribution in [3.63, 3.8) is 0 Å². The van der Waals surface area contributed by atoms with Gasteiger partial charge in [-0.05, 0) is 48.0 Å². The standard InChI is InChI=1S/C21H14FN3O2S/c22-16-7-8-18-19(14-6-9-20-15(10-14)12-23-24-20)13-25(21(18)11-16)28(26,27)17-4-2-1-3-5-17/h1-13H,(H,23,24). The van der Waals surface area contributed by atoms with Crippen molar-refractivity contribution in [3.05, 3.63) is 84.9 Å². The second kappa shape index (κ2) is 6.03. The molecule has 1 N–H and O–H groups in total. The van der Waals surface area contributed by atoms with Crippen LogP contribution in [0.2, 0.25) is 0 Å². The molecule has 0 fully saturated rings. The largest absolute Gasteiger partial charge is 0.278 e. The predicted molar refractivity (Wildman–Crippen MR) is 106 cm³/mol. The minimum Gasteiger partial charge on any atom is -0.278 e. The first-order valence-corrected chi connectivity index (χ1v) is 10.0. The van der Waals surface area contributed by atoms with E-state index in [9.17, 15) is 12.8 Å². The summed E-state index contributed by atoms with van der Waals surface area (Å²) in [5, 5.41) is 8.48. The number of rotatable bonds is 3. The number of nitrogens with one attached hydrogen (secondary N) is 1. The lowest BCUT2D eigenvalue weighted by molar-refractivity contribution is 0.589. The summed E-state index contributed by atoms with van der Waals surface area (Å²) in [6.45, 7) is 0. The molecule has 2 heterocycles. The van der Waals surface area contributed by atoms with Crippen molar-refractivity contribution in [1.82, 2.24) is 14.2 Å². The highest BCUT2D eigenvalue weighted by atomic mass is 32.2. The molecule has 28 heavy (non-hydrogen) atoms. The first-order chi connectivity index (χ1) is 13.5. The predicted octanol–water partition coefficient (Wildman–Crippen LogP) is 4.56. The van der Waals surface area contributed by atoms with E-state index < -0.39 is 15.8 Å². The summed E-state index contributed by atoms with van der Waals surface area (Å²) in [4.78, 5) is 0.146. The van der Waals surface area contributed by atoms with Gasteiger partial charge in [-0.3, -0.25) is 5.10 Å². The van der Waals surface area contributed by atoms with E-state index in [1.165, 1.54) is 24.3 Å². The molecule has 2 aromatic heterocycles. The fourth-order valence-electron chi connectivity index (χ4n) is 3.42. The Labute approximate surface area is 160 Å². The SMILES string of the molecule is O=S(=O)(c1ccccc1)n1cc(-c2ccc3[nH]ncc3c2)c2ccc(F)cc21. The van der Waals surface area contributed by atoms with E-state index in [-0.39, 0.29) is 4.90 Å². The summed E-state index contributed by atoms with van der Waals surface area (Å²) in [6, 6.07) is 18.0. The van der Waals surface area contributed by atoms with Gasteiger partial charge in [-0.1, -0.05) is 24.3 Å². The maximum Gasteiger partial charge on any atom is 0.268 e. The molecule has 0 spiro atoms. The van der Waals surface area contributed by atoms with Gasteiger partial charge in [0.25, 0.3) is 10.0 Å². The minimum atomic E-state index is -3.87. The third-order valence-electron chi connectivity index (χ3n) is 4.78. The van der Waals surface area contributed by atoms with Crippen molar-refractivity contribution in [2.75, 3.05) is 0 Å². The van der Waals surface area contributed by atoms with Crippen LogP contribution in [-0.2, 0) is 10.0 Å². The average Bonchev–Trinajstić information content (AvgIpc) is 3.32. The van der Waals surface area contributed by atoms with Gasteiger partial charge >= 0.3 is 0 Å². The average molecular weight is 391 g/mol. The van der Waals surface area contributed by atoms with Crippen LogP contribution in [0.15, 0.2) is 84.0 Å². The van der Waals surface area contributed by atoms with Crippen LogP contribution in [0.1, 0.15) is 0 Å². The van der Waals surface area contributed by atoms with Gasteiger partial charge in [0, 0.05) is 22.5 Å². The van der Waals surface area contributed by atoms with Crippen molar-refractivity contribution in [1.29, 1.82) is 0 Å².